The highest BCUT2D eigenvalue weighted by molar-refractivity contribution is 5.92. The summed E-state index contributed by atoms with van der Waals surface area (Å²) in [6, 6.07) is 12.8. The Balaban J connectivity index is 1.39. The molecule has 2 N–H and O–H groups in total. The molecule has 206 valence electrons. The van der Waals surface area contributed by atoms with E-state index in [0.717, 1.165) is 24.3 Å². The molecule has 1 atom stereocenters. The Labute approximate surface area is 230 Å². The molecule has 2 heterocycles. The van der Waals surface area contributed by atoms with Crippen LogP contribution in [-0.2, 0) is 10.2 Å². The van der Waals surface area contributed by atoms with Crippen molar-refractivity contribution in [2.75, 3.05) is 6.54 Å². The van der Waals surface area contributed by atoms with Gasteiger partial charge >= 0.3 is 5.97 Å². The number of carbonyl (C=O) groups is 2. The highest BCUT2D eigenvalue weighted by Crippen LogP contribution is 2.37. The molecule has 1 unspecified atom stereocenters. The van der Waals surface area contributed by atoms with E-state index in [1.165, 1.54) is 44.8 Å². The van der Waals surface area contributed by atoms with Gasteiger partial charge in [-0.25, -0.2) is 4.98 Å². The molecule has 4 rings (SSSR count). The van der Waals surface area contributed by atoms with Crippen LogP contribution in [0.2, 0.25) is 0 Å². The van der Waals surface area contributed by atoms with Crippen molar-refractivity contribution in [1.82, 2.24) is 15.3 Å². The van der Waals surface area contributed by atoms with E-state index in [2.05, 4.69) is 15.3 Å². The molecule has 0 spiro atoms. The van der Waals surface area contributed by atoms with Crippen LogP contribution in [-0.4, -0.2) is 33.5 Å². The lowest BCUT2D eigenvalue weighted by atomic mass is 9.76. The molecule has 0 saturated heterocycles. The number of nitrogens with one attached hydrogen (secondary N) is 1. The van der Waals surface area contributed by atoms with Crippen molar-refractivity contribution < 1.29 is 19.1 Å². The Hall–Kier alpha value is -3.74. The summed E-state index contributed by atoms with van der Waals surface area (Å²) < 4.78 is 5.72. The van der Waals surface area contributed by atoms with Crippen LogP contribution in [0.5, 0.6) is 0 Å². The molecular formula is C32H39N3O4. The number of aromatic nitrogens is 2. The van der Waals surface area contributed by atoms with Crippen LogP contribution in [0.4, 0.5) is 0 Å². The maximum Gasteiger partial charge on any atom is 0.323 e. The molecule has 1 amide bonds. The first kappa shape index (κ1) is 28.3. The molecule has 1 aliphatic rings. The number of rotatable bonds is 14. The standard InChI is InChI=1S/C32H39N3O4/c36-29(34-22-11-9-15-25-13-4-1-5-14-25)28-24-39-30(35-28)32(31(37)38,27-18-7-2-8-19-27)20-10-3-6-16-26-17-12-21-33-23-26/h2,6-8,12,16-19,21,23-25H,1,3-5,9-11,13-15,20,22H2,(H,34,36)(H,37,38). The second kappa shape index (κ2) is 14.4. The third kappa shape index (κ3) is 7.65. The summed E-state index contributed by atoms with van der Waals surface area (Å²) in [7, 11) is 0. The van der Waals surface area contributed by atoms with Crippen molar-refractivity contribution in [3.8, 4) is 0 Å². The molecule has 39 heavy (non-hydrogen) atoms. The van der Waals surface area contributed by atoms with E-state index >= 15 is 0 Å². The van der Waals surface area contributed by atoms with Crippen LogP contribution in [0, 0.1) is 5.92 Å². The Morgan fingerprint density at radius 3 is 2.62 bits per heavy atom. The van der Waals surface area contributed by atoms with Gasteiger partial charge in [-0.05, 0) is 48.8 Å². The van der Waals surface area contributed by atoms with E-state index in [-0.39, 0.29) is 23.9 Å². The van der Waals surface area contributed by atoms with Gasteiger partial charge < -0.3 is 14.8 Å². The molecule has 1 aromatic carbocycles. The molecule has 7 heteroatoms. The first-order valence-corrected chi connectivity index (χ1v) is 14.2. The van der Waals surface area contributed by atoms with Gasteiger partial charge in [0.1, 0.15) is 6.26 Å². The number of aliphatic carboxylic acids is 1. The molecule has 0 bridgehead atoms. The Kier molecular flexibility index (Phi) is 10.5. The summed E-state index contributed by atoms with van der Waals surface area (Å²) in [6.07, 6.45) is 20.3. The first-order valence-electron chi connectivity index (χ1n) is 14.2. The van der Waals surface area contributed by atoms with Gasteiger partial charge in [0.15, 0.2) is 11.1 Å². The van der Waals surface area contributed by atoms with E-state index in [4.69, 9.17) is 4.42 Å². The van der Waals surface area contributed by atoms with Gasteiger partial charge in [-0.1, -0.05) is 93.5 Å². The van der Waals surface area contributed by atoms with Crippen molar-refractivity contribution in [3.05, 3.63) is 89.9 Å². The summed E-state index contributed by atoms with van der Waals surface area (Å²) in [5, 5.41) is 13.4. The third-order valence-electron chi connectivity index (χ3n) is 7.70. The number of pyridine rings is 1. The van der Waals surface area contributed by atoms with E-state index in [9.17, 15) is 14.7 Å². The zero-order valence-corrected chi connectivity index (χ0v) is 22.6. The first-order chi connectivity index (χ1) is 19.1. The lowest BCUT2D eigenvalue weighted by Crippen LogP contribution is -2.38. The number of carbonyl (C=O) groups excluding carboxylic acids is 1. The Morgan fingerprint density at radius 2 is 1.87 bits per heavy atom. The lowest BCUT2D eigenvalue weighted by Gasteiger charge is -2.26. The van der Waals surface area contributed by atoms with Gasteiger partial charge in [0.25, 0.3) is 5.91 Å². The predicted molar refractivity (Wildman–Crippen MR) is 151 cm³/mol. The van der Waals surface area contributed by atoms with Crippen LogP contribution in [0.3, 0.4) is 0 Å². The van der Waals surface area contributed by atoms with Gasteiger partial charge in [0, 0.05) is 18.9 Å². The average molecular weight is 530 g/mol. The highest BCUT2D eigenvalue weighted by Gasteiger charge is 2.46. The van der Waals surface area contributed by atoms with E-state index in [1.807, 2.05) is 30.4 Å². The molecule has 1 aliphatic carbocycles. The minimum absolute atomic E-state index is 0.0277. The number of oxazole rings is 1. The second-order valence-electron chi connectivity index (χ2n) is 10.5. The van der Waals surface area contributed by atoms with Crippen molar-refractivity contribution in [3.63, 3.8) is 0 Å². The summed E-state index contributed by atoms with van der Waals surface area (Å²) in [5.74, 6) is -0.531. The predicted octanol–water partition coefficient (Wildman–Crippen LogP) is 6.80. The maximum absolute atomic E-state index is 12.8. The molecule has 1 fully saturated rings. The number of unbranched alkanes of at least 4 members (excludes halogenated alkanes) is 2. The fourth-order valence-corrected chi connectivity index (χ4v) is 5.50. The normalized spacial score (nSPS) is 15.7. The maximum atomic E-state index is 12.8. The fraction of sp³-hybridized carbons (Fsp3) is 0.438. The zero-order chi connectivity index (χ0) is 27.3. The van der Waals surface area contributed by atoms with Crippen molar-refractivity contribution in [1.29, 1.82) is 0 Å². The topological polar surface area (TPSA) is 105 Å². The zero-order valence-electron chi connectivity index (χ0n) is 22.6. The number of hydrogen-bond acceptors (Lipinski definition) is 5. The number of carboxylic acids is 1. The lowest BCUT2D eigenvalue weighted by molar-refractivity contribution is -0.143. The van der Waals surface area contributed by atoms with Gasteiger partial charge in [-0.2, -0.15) is 0 Å². The molecule has 0 radical (unpaired) electrons. The largest absolute Gasteiger partial charge is 0.480 e. The number of hydrogen-bond donors (Lipinski definition) is 2. The monoisotopic (exact) mass is 529 g/mol. The summed E-state index contributed by atoms with van der Waals surface area (Å²) >= 11 is 0. The van der Waals surface area contributed by atoms with Crippen LogP contribution in [0.1, 0.15) is 98.1 Å². The van der Waals surface area contributed by atoms with E-state index in [1.54, 1.807) is 36.7 Å². The van der Waals surface area contributed by atoms with Crippen LogP contribution >= 0.6 is 0 Å². The molecule has 2 aromatic heterocycles. The van der Waals surface area contributed by atoms with Crippen molar-refractivity contribution in [2.45, 2.75) is 76.0 Å². The quantitative estimate of drug-likeness (QED) is 0.222. The number of carboxylic acid groups (broad SMARTS) is 1. The number of allylic oxidation sites excluding steroid dienone is 1. The number of benzene rings is 1. The highest BCUT2D eigenvalue weighted by atomic mass is 16.4. The van der Waals surface area contributed by atoms with Gasteiger partial charge in [-0.15, -0.1) is 0 Å². The smallest absolute Gasteiger partial charge is 0.323 e. The van der Waals surface area contributed by atoms with Crippen molar-refractivity contribution >= 4 is 18.0 Å². The summed E-state index contributed by atoms with van der Waals surface area (Å²) in [6.45, 7) is 0.569. The summed E-state index contributed by atoms with van der Waals surface area (Å²) in [5.41, 5.74) is 0.171. The molecule has 3 aromatic rings. The van der Waals surface area contributed by atoms with Crippen molar-refractivity contribution in [2.24, 2.45) is 5.92 Å². The molecule has 0 aliphatic heterocycles. The fourth-order valence-electron chi connectivity index (χ4n) is 5.50. The Bertz CT molecular complexity index is 1200. The van der Waals surface area contributed by atoms with E-state index in [0.29, 0.717) is 24.9 Å². The molecule has 1 saturated carbocycles. The third-order valence-corrected chi connectivity index (χ3v) is 7.70. The minimum atomic E-state index is -1.50. The van der Waals surface area contributed by atoms with E-state index < -0.39 is 11.4 Å². The van der Waals surface area contributed by atoms with Crippen LogP contribution < -0.4 is 5.32 Å². The van der Waals surface area contributed by atoms with Crippen LogP contribution in [0.25, 0.3) is 6.08 Å². The SMILES string of the molecule is O=C(NCCCCC1CCCCC1)c1coc(C(CCCC=Cc2cccnc2)(C(=O)O)c2ccccc2)n1. The van der Waals surface area contributed by atoms with Gasteiger partial charge in [0.05, 0.1) is 0 Å². The summed E-state index contributed by atoms with van der Waals surface area (Å²) in [4.78, 5) is 34.1. The minimum Gasteiger partial charge on any atom is -0.480 e. The average Bonchev–Trinajstić information content (AvgIpc) is 3.47. The van der Waals surface area contributed by atoms with Gasteiger partial charge in [0.2, 0.25) is 5.89 Å². The number of nitrogens with zero attached hydrogens (tertiary/aromatic N) is 2. The molecule has 7 nitrogen and oxygen atoms in total. The number of amides is 1. The van der Waals surface area contributed by atoms with Gasteiger partial charge in [-0.3, -0.25) is 14.6 Å². The Morgan fingerprint density at radius 1 is 1.05 bits per heavy atom. The molecular weight excluding hydrogens is 490 g/mol. The second-order valence-corrected chi connectivity index (χ2v) is 10.5. The van der Waals surface area contributed by atoms with Crippen LogP contribution in [0.15, 0.2) is 71.6 Å².